The first kappa shape index (κ1) is 19.3. The first-order chi connectivity index (χ1) is 14.0. The van der Waals surface area contributed by atoms with Crippen LogP contribution in [0.25, 0.3) is 10.9 Å². The average molecular weight is 408 g/mol. The van der Waals surface area contributed by atoms with Crippen molar-refractivity contribution in [2.45, 2.75) is 24.8 Å². The number of benzene rings is 2. The van der Waals surface area contributed by atoms with E-state index in [4.69, 9.17) is 4.74 Å². The van der Waals surface area contributed by atoms with Crippen LogP contribution in [-0.4, -0.2) is 41.0 Å². The molecule has 0 radical (unpaired) electrons. The largest absolute Gasteiger partial charge is 0.453 e. The number of hydrogen-bond acceptors (Lipinski definition) is 5. The van der Waals surface area contributed by atoms with Crippen LogP contribution in [0.5, 0.6) is 0 Å². The van der Waals surface area contributed by atoms with Gasteiger partial charge in [-0.05, 0) is 32.0 Å². The number of thioether (sulfide) groups is 1. The molecule has 0 spiro atoms. The second-order valence-electron chi connectivity index (χ2n) is 6.90. The Kier molecular flexibility index (Phi) is 5.15. The summed E-state index contributed by atoms with van der Waals surface area (Å²) in [6.07, 6.45) is -0.954. The molecule has 7 heteroatoms. The number of amides is 1. The monoisotopic (exact) mass is 408 g/mol. The van der Waals surface area contributed by atoms with Crippen LogP contribution in [0.15, 0.2) is 53.4 Å². The molecule has 1 aromatic heterocycles. The number of hydrogen-bond donors (Lipinski definition) is 1. The number of nitrogens with one attached hydrogen (secondary N) is 1. The number of aromatic amines is 1. The molecule has 1 aliphatic rings. The van der Waals surface area contributed by atoms with Crippen molar-refractivity contribution in [2.75, 3.05) is 17.2 Å². The lowest BCUT2D eigenvalue weighted by Crippen LogP contribution is -2.41. The number of ether oxygens (including phenoxy) is 1. The number of rotatable bonds is 5. The zero-order chi connectivity index (χ0) is 20.5. The van der Waals surface area contributed by atoms with Gasteiger partial charge in [0.05, 0.1) is 11.4 Å². The zero-order valence-corrected chi connectivity index (χ0v) is 16.9. The third-order valence-electron chi connectivity index (χ3n) is 4.91. The SMILES string of the molecule is Cc1[nH]c2ccccc2c1C(=O)[C@@H](C)OC(=O)CN1C(=O)CSc2ccccc21. The fourth-order valence-electron chi connectivity index (χ4n) is 3.54. The summed E-state index contributed by atoms with van der Waals surface area (Å²) in [7, 11) is 0. The van der Waals surface area contributed by atoms with Gasteiger partial charge in [0.15, 0.2) is 6.10 Å². The Morgan fingerprint density at radius 1 is 1.17 bits per heavy atom. The van der Waals surface area contributed by atoms with Gasteiger partial charge in [0.2, 0.25) is 11.7 Å². The fraction of sp³-hybridized carbons (Fsp3) is 0.227. The summed E-state index contributed by atoms with van der Waals surface area (Å²) in [5, 5.41) is 0.801. The van der Waals surface area contributed by atoms with Gasteiger partial charge in [-0.1, -0.05) is 30.3 Å². The van der Waals surface area contributed by atoms with Crippen LogP contribution in [-0.2, 0) is 14.3 Å². The molecule has 3 aromatic rings. The molecule has 2 heterocycles. The molecule has 148 valence electrons. The van der Waals surface area contributed by atoms with Gasteiger partial charge in [-0.15, -0.1) is 11.8 Å². The lowest BCUT2D eigenvalue weighted by molar-refractivity contribution is -0.145. The van der Waals surface area contributed by atoms with E-state index in [-0.39, 0.29) is 24.0 Å². The fourth-order valence-corrected chi connectivity index (χ4v) is 4.48. The van der Waals surface area contributed by atoms with Crippen molar-refractivity contribution in [2.24, 2.45) is 0 Å². The lowest BCUT2D eigenvalue weighted by atomic mass is 10.0. The van der Waals surface area contributed by atoms with Gasteiger partial charge < -0.3 is 9.72 Å². The second kappa shape index (κ2) is 7.75. The summed E-state index contributed by atoms with van der Waals surface area (Å²) in [6, 6.07) is 14.9. The molecule has 2 aromatic carbocycles. The number of para-hydroxylation sites is 2. The van der Waals surface area contributed by atoms with E-state index in [1.54, 1.807) is 13.0 Å². The van der Waals surface area contributed by atoms with Crippen LogP contribution in [0, 0.1) is 6.92 Å². The quantitative estimate of drug-likeness (QED) is 0.514. The molecule has 4 rings (SSSR count). The number of fused-ring (bicyclic) bond motifs is 2. The Morgan fingerprint density at radius 3 is 2.72 bits per heavy atom. The first-order valence-electron chi connectivity index (χ1n) is 9.29. The smallest absolute Gasteiger partial charge is 0.326 e. The molecule has 1 aliphatic heterocycles. The number of ketones is 1. The molecular formula is C22H20N2O4S. The van der Waals surface area contributed by atoms with Crippen LogP contribution in [0.1, 0.15) is 23.0 Å². The van der Waals surface area contributed by atoms with Gasteiger partial charge in [-0.25, -0.2) is 0 Å². The van der Waals surface area contributed by atoms with E-state index in [1.807, 2.05) is 49.4 Å². The molecule has 29 heavy (non-hydrogen) atoms. The Hall–Kier alpha value is -3.06. The number of carbonyl (C=O) groups excluding carboxylic acids is 3. The standard InChI is InChI=1S/C22H20N2O4S/c1-13-21(15-7-3-4-8-16(15)23-13)22(27)14(2)28-20(26)11-24-17-9-5-6-10-18(17)29-12-19(24)25/h3-10,14,23H,11-12H2,1-2H3/t14-/m1/s1. The van der Waals surface area contributed by atoms with E-state index in [0.29, 0.717) is 11.3 Å². The van der Waals surface area contributed by atoms with E-state index in [0.717, 1.165) is 21.5 Å². The van der Waals surface area contributed by atoms with Gasteiger partial charge in [-0.3, -0.25) is 19.3 Å². The Morgan fingerprint density at radius 2 is 1.90 bits per heavy atom. The maximum atomic E-state index is 12.9. The Bertz CT molecular complexity index is 1120. The maximum absolute atomic E-state index is 12.9. The maximum Gasteiger partial charge on any atom is 0.326 e. The zero-order valence-electron chi connectivity index (χ0n) is 16.1. The van der Waals surface area contributed by atoms with Crippen molar-refractivity contribution in [1.82, 2.24) is 4.98 Å². The topological polar surface area (TPSA) is 79.5 Å². The number of aryl methyl sites for hydroxylation is 1. The van der Waals surface area contributed by atoms with Crippen molar-refractivity contribution in [1.29, 1.82) is 0 Å². The highest BCUT2D eigenvalue weighted by Crippen LogP contribution is 2.34. The summed E-state index contributed by atoms with van der Waals surface area (Å²) < 4.78 is 5.40. The Labute approximate surface area is 172 Å². The molecule has 1 atom stereocenters. The molecule has 1 amide bonds. The summed E-state index contributed by atoms with van der Waals surface area (Å²) >= 11 is 1.45. The predicted octanol–water partition coefficient (Wildman–Crippen LogP) is 3.73. The summed E-state index contributed by atoms with van der Waals surface area (Å²) in [6.45, 7) is 3.16. The average Bonchev–Trinajstić information content (AvgIpc) is 3.05. The number of esters is 1. The highest BCUT2D eigenvalue weighted by molar-refractivity contribution is 8.00. The van der Waals surface area contributed by atoms with Crippen molar-refractivity contribution >= 4 is 46.0 Å². The van der Waals surface area contributed by atoms with Crippen LogP contribution in [0.2, 0.25) is 0 Å². The van der Waals surface area contributed by atoms with Gasteiger partial charge >= 0.3 is 5.97 Å². The van der Waals surface area contributed by atoms with Crippen molar-refractivity contribution in [3.63, 3.8) is 0 Å². The van der Waals surface area contributed by atoms with Crippen molar-refractivity contribution < 1.29 is 19.1 Å². The third kappa shape index (κ3) is 3.65. The summed E-state index contributed by atoms with van der Waals surface area (Å²) in [4.78, 5) is 43.3. The third-order valence-corrected chi connectivity index (χ3v) is 5.96. The van der Waals surface area contributed by atoms with Gasteiger partial charge in [0.1, 0.15) is 6.54 Å². The molecule has 0 aliphatic carbocycles. The molecule has 0 bridgehead atoms. The first-order valence-corrected chi connectivity index (χ1v) is 10.3. The van der Waals surface area contributed by atoms with Gasteiger partial charge in [-0.2, -0.15) is 0 Å². The number of carbonyl (C=O) groups is 3. The van der Waals surface area contributed by atoms with E-state index in [2.05, 4.69) is 4.98 Å². The lowest BCUT2D eigenvalue weighted by Gasteiger charge is -2.28. The van der Waals surface area contributed by atoms with Crippen LogP contribution in [0.3, 0.4) is 0 Å². The number of H-pyrrole nitrogens is 1. The highest BCUT2D eigenvalue weighted by atomic mass is 32.2. The normalized spacial score (nSPS) is 14.6. The molecule has 1 N–H and O–H groups in total. The molecule has 0 fully saturated rings. The molecule has 0 saturated carbocycles. The van der Waals surface area contributed by atoms with Crippen LogP contribution < -0.4 is 4.90 Å². The molecular weight excluding hydrogens is 388 g/mol. The predicted molar refractivity (Wildman–Crippen MR) is 112 cm³/mol. The number of anilines is 1. The number of Topliss-reactive ketones (excluding diaryl/α,β-unsaturated/α-hetero) is 1. The van der Waals surface area contributed by atoms with Gasteiger partial charge in [0, 0.05) is 27.1 Å². The summed E-state index contributed by atoms with van der Waals surface area (Å²) in [5.41, 5.74) is 2.81. The van der Waals surface area contributed by atoms with E-state index >= 15 is 0 Å². The summed E-state index contributed by atoms with van der Waals surface area (Å²) in [5.74, 6) is -0.766. The second-order valence-corrected chi connectivity index (χ2v) is 7.92. The Balaban J connectivity index is 1.49. The number of aromatic nitrogens is 1. The van der Waals surface area contributed by atoms with Gasteiger partial charge in [0.25, 0.3) is 0 Å². The van der Waals surface area contributed by atoms with Crippen LogP contribution in [0.4, 0.5) is 5.69 Å². The molecule has 0 saturated heterocycles. The number of nitrogens with zero attached hydrogens (tertiary/aromatic N) is 1. The van der Waals surface area contributed by atoms with E-state index in [1.165, 1.54) is 16.7 Å². The van der Waals surface area contributed by atoms with E-state index < -0.39 is 12.1 Å². The minimum absolute atomic E-state index is 0.155. The van der Waals surface area contributed by atoms with Crippen molar-refractivity contribution in [3.8, 4) is 0 Å². The molecule has 0 unspecified atom stereocenters. The van der Waals surface area contributed by atoms with Crippen LogP contribution >= 0.6 is 11.8 Å². The minimum atomic E-state index is -0.954. The molecule has 6 nitrogen and oxygen atoms in total. The van der Waals surface area contributed by atoms with E-state index in [9.17, 15) is 14.4 Å². The highest BCUT2D eigenvalue weighted by Gasteiger charge is 2.29. The minimum Gasteiger partial charge on any atom is -0.453 e. The van der Waals surface area contributed by atoms with Crippen molar-refractivity contribution in [3.05, 3.63) is 59.8 Å².